The molecule has 5 nitrogen and oxygen atoms in total. The highest BCUT2D eigenvalue weighted by Gasteiger charge is 2.20. The molecule has 0 saturated heterocycles. The van der Waals surface area contributed by atoms with Gasteiger partial charge >= 0.3 is 0 Å². The zero-order chi connectivity index (χ0) is 21.0. The fourth-order valence-electron chi connectivity index (χ4n) is 2.40. The molecule has 148 valence electrons. The highest BCUT2D eigenvalue weighted by Crippen LogP contribution is 2.34. The van der Waals surface area contributed by atoms with Crippen LogP contribution in [0.4, 0.5) is 4.39 Å². The van der Waals surface area contributed by atoms with Crippen molar-refractivity contribution < 1.29 is 9.18 Å². The minimum atomic E-state index is -0.558. The number of halogens is 4. The largest absolute Gasteiger partial charge is 0.344 e. The molecule has 2 aromatic carbocycles. The number of thioether (sulfide) groups is 1. The zero-order valence-electron chi connectivity index (χ0n) is 14.6. The molecule has 10 heteroatoms. The Morgan fingerprint density at radius 3 is 2.66 bits per heavy atom. The summed E-state index contributed by atoms with van der Waals surface area (Å²) in [5.74, 6) is 1.96. The van der Waals surface area contributed by atoms with Crippen LogP contribution in [0.5, 0.6) is 0 Å². The van der Waals surface area contributed by atoms with E-state index >= 15 is 0 Å². The molecule has 0 fully saturated rings. The first-order chi connectivity index (χ1) is 13.9. The Kier molecular flexibility index (Phi) is 7.04. The average Bonchev–Trinajstić information content (AvgIpc) is 3.10. The van der Waals surface area contributed by atoms with Crippen LogP contribution in [0.25, 0.3) is 17.1 Å². The summed E-state index contributed by atoms with van der Waals surface area (Å²) in [4.78, 5) is 11.9. The van der Waals surface area contributed by atoms with Gasteiger partial charge in [0.05, 0.1) is 28.0 Å². The van der Waals surface area contributed by atoms with Crippen molar-refractivity contribution in [3.63, 3.8) is 0 Å². The molecule has 29 heavy (non-hydrogen) atoms. The number of hydrogen-bond donors (Lipinski definition) is 1. The smallest absolute Gasteiger partial charge is 0.231 e. The molecule has 3 rings (SSSR count). The van der Waals surface area contributed by atoms with Gasteiger partial charge in [0, 0.05) is 10.6 Å². The minimum absolute atomic E-state index is 0.0586. The van der Waals surface area contributed by atoms with Crippen LogP contribution in [0.15, 0.2) is 41.6 Å². The van der Waals surface area contributed by atoms with E-state index in [1.165, 1.54) is 18.2 Å². The van der Waals surface area contributed by atoms with Gasteiger partial charge in [-0.2, -0.15) is 0 Å². The van der Waals surface area contributed by atoms with Crippen molar-refractivity contribution in [2.24, 2.45) is 0 Å². The van der Waals surface area contributed by atoms with Gasteiger partial charge in [0.2, 0.25) is 5.91 Å². The Hall–Kier alpha value is -2.24. The van der Waals surface area contributed by atoms with Crippen molar-refractivity contribution in [1.82, 2.24) is 20.1 Å². The third-order valence-electron chi connectivity index (χ3n) is 3.69. The summed E-state index contributed by atoms with van der Waals surface area (Å²) in [5, 5.41) is 12.1. The lowest BCUT2D eigenvalue weighted by Gasteiger charge is -2.12. The average molecular weight is 470 g/mol. The fraction of sp³-hybridized carbons (Fsp3) is 0.105. The second-order valence-corrected chi connectivity index (χ2v) is 7.83. The van der Waals surface area contributed by atoms with E-state index < -0.39 is 5.82 Å². The highest BCUT2D eigenvalue weighted by molar-refractivity contribution is 7.99. The van der Waals surface area contributed by atoms with E-state index in [2.05, 4.69) is 21.4 Å². The maximum absolute atomic E-state index is 13.7. The summed E-state index contributed by atoms with van der Waals surface area (Å²) in [5.41, 5.74) is 1.07. The molecule has 0 radical (unpaired) electrons. The fourth-order valence-corrected chi connectivity index (χ4v) is 3.85. The normalized spacial score (nSPS) is 10.6. The molecule has 0 atom stereocenters. The molecule has 1 amide bonds. The summed E-state index contributed by atoms with van der Waals surface area (Å²) < 4.78 is 15.3. The summed E-state index contributed by atoms with van der Waals surface area (Å²) >= 11 is 19.4. The van der Waals surface area contributed by atoms with Gasteiger partial charge in [-0.3, -0.25) is 9.36 Å². The molecular formula is C19H12Cl3FN4OS. The van der Waals surface area contributed by atoms with Crippen LogP contribution >= 0.6 is 46.6 Å². The van der Waals surface area contributed by atoms with E-state index in [1.54, 1.807) is 22.8 Å². The number of amides is 1. The van der Waals surface area contributed by atoms with Crippen molar-refractivity contribution >= 4 is 52.5 Å². The number of rotatable bonds is 6. The standard InChI is InChI=1S/C19H12Cl3FN4OS/c1-2-7-24-17(28)10-29-19-26-25-18(13-5-3-11(20)8-14(13)21)27(19)12-4-6-16(23)15(22)9-12/h1,3-6,8-9H,7,10H2,(H,24,28). The number of carbonyl (C=O) groups is 1. The van der Waals surface area contributed by atoms with Crippen LogP contribution in [0.3, 0.4) is 0 Å². The van der Waals surface area contributed by atoms with Crippen molar-refractivity contribution in [2.45, 2.75) is 5.16 Å². The number of nitrogens with one attached hydrogen (secondary N) is 1. The van der Waals surface area contributed by atoms with Gasteiger partial charge in [0.15, 0.2) is 11.0 Å². The zero-order valence-corrected chi connectivity index (χ0v) is 17.7. The van der Waals surface area contributed by atoms with Crippen LogP contribution in [0, 0.1) is 18.2 Å². The van der Waals surface area contributed by atoms with Crippen molar-refractivity contribution in [1.29, 1.82) is 0 Å². The van der Waals surface area contributed by atoms with Crippen molar-refractivity contribution in [2.75, 3.05) is 12.3 Å². The molecule has 1 heterocycles. The lowest BCUT2D eigenvalue weighted by Crippen LogP contribution is -2.25. The molecule has 0 bridgehead atoms. The van der Waals surface area contributed by atoms with Gasteiger partial charge in [0.1, 0.15) is 5.82 Å². The molecule has 0 saturated carbocycles. The third-order valence-corrected chi connectivity index (χ3v) is 5.45. The molecule has 0 unspecified atom stereocenters. The number of benzene rings is 2. The van der Waals surface area contributed by atoms with Crippen LogP contribution < -0.4 is 5.32 Å². The first-order valence-corrected chi connectivity index (χ1v) is 10.2. The van der Waals surface area contributed by atoms with Gasteiger partial charge in [-0.1, -0.05) is 52.5 Å². The molecule has 0 aliphatic rings. The van der Waals surface area contributed by atoms with Crippen molar-refractivity contribution in [3.05, 3.63) is 57.3 Å². The molecule has 0 aliphatic carbocycles. The van der Waals surface area contributed by atoms with Crippen LogP contribution in [-0.4, -0.2) is 33.0 Å². The van der Waals surface area contributed by atoms with Gasteiger partial charge in [-0.25, -0.2) is 4.39 Å². The van der Waals surface area contributed by atoms with E-state index in [9.17, 15) is 9.18 Å². The van der Waals surface area contributed by atoms with Gasteiger partial charge < -0.3 is 5.32 Å². The second kappa shape index (κ2) is 9.51. The Bertz CT molecular complexity index is 1110. The van der Waals surface area contributed by atoms with Gasteiger partial charge in [0.25, 0.3) is 0 Å². The molecule has 1 aromatic heterocycles. The second-order valence-electron chi connectivity index (χ2n) is 5.63. The highest BCUT2D eigenvalue weighted by atomic mass is 35.5. The molecule has 1 N–H and O–H groups in total. The number of hydrogen-bond acceptors (Lipinski definition) is 4. The number of terminal acetylenes is 1. The Morgan fingerprint density at radius 1 is 1.17 bits per heavy atom. The van der Waals surface area contributed by atoms with E-state index in [-0.39, 0.29) is 23.2 Å². The molecule has 3 aromatic rings. The lowest BCUT2D eigenvalue weighted by atomic mass is 10.2. The Balaban J connectivity index is 2.05. The molecule has 0 aliphatic heterocycles. The summed E-state index contributed by atoms with van der Waals surface area (Å²) in [7, 11) is 0. The first kappa shape index (κ1) is 21.5. The predicted molar refractivity (Wildman–Crippen MR) is 114 cm³/mol. The van der Waals surface area contributed by atoms with E-state index in [0.29, 0.717) is 32.3 Å². The van der Waals surface area contributed by atoms with Crippen molar-refractivity contribution in [3.8, 4) is 29.4 Å². The molecule has 0 spiro atoms. The minimum Gasteiger partial charge on any atom is -0.344 e. The lowest BCUT2D eigenvalue weighted by molar-refractivity contribution is -0.118. The summed E-state index contributed by atoms with van der Waals surface area (Å²) in [6.45, 7) is 0.130. The van der Waals surface area contributed by atoms with E-state index in [1.807, 2.05) is 0 Å². The number of nitrogens with zero attached hydrogens (tertiary/aromatic N) is 3. The number of carbonyl (C=O) groups excluding carboxylic acids is 1. The molecular weight excluding hydrogens is 458 g/mol. The SMILES string of the molecule is C#CCNC(=O)CSc1nnc(-c2ccc(Cl)cc2Cl)n1-c1ccc(F)c(Cl)c1. The third kappa shape index (κ3) is 5.03. The topological polar surface area (TPSA) is 59.8 Å². The monoisotopic (exact) mass is 468 g/mol. The van der Waals surface area contributed by atoms with Gasteiger partial charge in [-0.05, 0) is 36.4 Å². The first-order valence-electron chi connectivity index (χ1n) is 8.10. The quantitative estimate of drug-likeness (QED) is 0.413. The van der Waals surface area contributed by atoms with Gasteiger partial charge in [-0.15, -0.1) is 16.6 Å². The van der Waals surface area contributed by atoms with Crippen LogP contribution in [0.2, 0.25) is 15.1 Å². The Morgan fingerprint density at radius 2 is 1.97 bits per heavy atom. The maximum atomic E-state index is 13.7. The van der Waals surface area contributed by atoms with E-state index in [0.717, 1.165) is 11.8 Å². The summed E-state index contributed by atoms with van der Waals surface area (Å²) in [6, 6.07) is 9.15. The maximum Gasteiger partial charge on any atom is 0.231 e. The van der Waals surface area contributed by atoms with E-state index in [4.69, 9.17) is 41.2 Å². The summed E-state index contributed by atoms with van der Waals surface area (Å²) in [6.07, 6.45) is 5.14. The Labute approximate surface area is 185 Å². The number of aromatic nitrogens is 3. The predicted octanol–water partition coefficient (Wildman–Crippen LogP) is 4.88. The van der Waals surface area contributed by atoms with Crippen LogP contribution in [0.1, 0.15) is 0 Å². The van der Waals surface area contributed by atoms with Crippen LogP contribution in [-0.2, 0) is 4.79 Å².